The number of alkyl halides is 1. The lowest BCUT2D eigenvalue weighted by atomic mass is 9.80. The van der Waals surface area contributed by atoms with Crippen LogP contribution in [-0.2, 0) is 4.74 Å². The summed E-state index contributed by atoms with van der Waals surface area (Å²) in [5.41, 5.74) is 0.230. The van der Waals surface area contributed by atoms with E-state index in [9.17, 15) is 0 Å². The van der Waals surface area contributed by atoms with E-state index in [1.54, 1.807) is 0 Å². The lowest BCUT2D eigenvalue weighted by Crippen LogP contribution is -2.39. The number of halogens is 1. The van der Waals surface area contributed by atoms with Crippen molar-refractivity contribution < 1.29 is 4.74 Å². The van der Waals surface area contributed by atoms with Crippen LogP contribution in [0.5, 0.6) is 0 Å². The molecule has 1 aliphatic rings. The van der Waals surface area contributed by atoms with Gasteiger partial charge in [-0.2, -0.15) is 0 Å². The van der Waals surface area contributed by atoms with Crippen LogP contribution < -0.4 is 0 Å². The molecule has 0 spiro atoms. The normalized spacial score (nSPS) is 33.2. The van der Waals surface area contributed by atoms with Gasteiger partial charge in [-0.1, -0.05) is 55.7 Å². The molecular formula is C12H23IO. The fourth-order valence-electron chi connectivity index (χ4n) is 2.34. The first-order valence-electron chi connectivity index (χ1n) is 5.92. The Balaban J connectivity index is 2.39. The Morgan fingerprint density at radius 2 is 2.29 bits per heavy atom. The topological polar surface area (TPSA) is 9.23 Å². The molecule has 0 aromatic rings. The first-order valence-corrected chi connectivity index (χ1v) is 7.45. The van der Waals surface area contributed by atoms with Crippen molar-refractivity contribution in [2.24, 2.45) is 5.92 Å². The maximum Gasteiger partial charge on any atom is 0.0774 e. The summed E-state index contributed by atoms with van der Waals surface area (Å²) in [6.45, 7) is 5.55. The highest BCUT2D eigenvalue weighted by Gasteiger charge is 2.34. The third kappa shape index (κ3) is 3.69. The van der Waals surface area contributed by atoms with E-state index in [1.165, 1.54) is 43.0 Å². The molecule has 0 aliphatic heterocycles. The summed E-state index contributed by atoms with van der Waals surface area (Å²) in [6, 6.07) is 0. The van der Waals surface area contributed by atoms with Gasteiger partial charge in [0.05, 0.1) is 5.60 Å². The van der Waals surface area contributed by atoms with E-state index in [4.69, 9.17) is 4.74 Å². The Hall–Kier alpha value is 0.690. The summed E-state index contributed by atoms with van der Waals surface area (Å²) >= 11 is 2.50. The maximum atomic E-state index is 6.12. The molecule has 1 saturated carbocycles. The second kappa shape index (κ2) is 6.31. The molecule has 1 fully saturated rings. The number of unbranched alkanes of at least 4 members (excludes halogenated alkanes) is 1. The van der Waals surface area contributed by atoms with Crippen LogP contribution in [0.2, 0.25) is 0 Å². The summed E-state index contributed by atoms with van der Waals surface area (Å²) in [5, 5.41) is 0. The molecule has 1 aliphatic carbocycles. The van der Waals surface area contributed by atoms with Gasteiger partial charge in [0, 0.05) is 11.0 Å². The molecule has 0 amide bonds. The lowest BCUT2D eigenvalue weighted by Gasteiger charge is -2.38. The molecule has 2 unspecified atom stereocenters. The van der Waals surface area contributed by atoms with Crippen molar-refractivity contribution in [1.82, 2.24) is 0 Å². The van der Waals surface area contributed by atoms with Gasteiger partial charge >= 0.3 is 0 Å². The summed E-state index contributed by atoms with van der Waals surface area (Å²) in [6.07, 6.45) is 7.77. The molecule has 0 bridgehead atoms. The van der Waals surface area contributed by atoms with E-state index in [0.29, 0.717) is 0 Å². The van der Waals surface area contributed by atoms with E-state index in [1.807, 2.05) is 0 Å². The van der Waals surface area contributed by atoms with Gasteiger partial charge < -0.3 is 4.74 Å². The fourth-order valence-corrected chi connectivity index (χ4v) is 3.25. The van der Waals surface area contributed by atoms with Gasteiger partial charge in [0.15, 0.2) is 0 Å². The molecule has 0 heterocycles. The molecule has 0 aromatic heterocycles. The van der Waals surface area contributed by atoms with Crippen LogP contribution in [0.4, 0.5) is 0 Å². The van der Waals surface area contributed by atoms with Crippen LogP contribution in [0.25, 0.3) is 0 Å². The van der Waals surface area contributed by atoms with Crippen molar-refractivity contribution in [3.05, 3.63) is 0 Å². The van der Waals surface area contributed by atoms with Crippen LogP contribution in [0.15, 0.2) is 0 Å². The largest absolute Gasteiger partial charge is 0.374 e. The standard InChI is InChI=1S/C12H23IO/c1-3-4-8-14-12(10-13)7-5-6-11(2)9-12/h11H,3-10H2,1-2H3. The van der Waals surface area contributed by atoms with Gasteiger partial charge in [-0.3, -0.25) is 0 Å². The third-order valence-electron chi connectivity index (χ3n) is 3.20. The van der Waals surface area contributed by atoms with Gasteiger partial charge in [0.1, 0.15) is 0 Å². The van der Waals surface area contributed by atoms with E-state index in [-0.39, 0.29) is 5.60 Å². The summed E-state index contributed by atoms with van der Waals surface area (Å²) in [4.78, 5) is 0. The number of hydrogen-bond donors (Lipinski definition) is 0. The Morgan fingerprint density at radius 3 is 2.86 bits per heavy atom. The zero-order valence-electron chi connectivity index (χ0n) is 9.52. The second-order valence-corrected chi connectivity index (χ2v) is 5.48. The SMILES string of the molecule is CCCCOC1(CI)CCCC(C)C1. The zero-order valence-corrected chi connectivity index (χ0v) is 11.7. The average molecular weight is 310 g/mol. The molecule has 0 aromatic carbocycles. The van der Waals surface area contributed by atoms with Crippen molar-refractivity contribution in [3.63, 3.8) is 0 Å². The molecule has 2 heteroatoms. The predicted octanol–water partition coefficient (Wildman–Crippen LogP) is 4.19. The van der Waals surface area contributed by atoms with E-state index in [2.05, 4.69) is 36.4 Å². The minimum atomic E-state index is 0.230. The van der Waals surface area contributed by atoms with E-state index in [0.717, 1.165) is 12.5 Å². The molecule has 1 nitrogen and oxygen atoms in total. The Bertz CT molecular complexity index is 160. The number of ether oxygens (including phenoxy) is 1. The van der Waals surface area contributed by atoms with Crippen LogP contribution >= 0.6 is 22.6 Å². The third-order valence-corrected chi connectivity index (χ3v) is 4.59. The van der Waals surface area contributed by atoms with E-state index >= 15 is 0 Å². The first-order chi connectivity index (χ1) is 6.72. The van der Waals surface area contributed by atoms with Crippen LogP contribution in [0.1, 0.15) is 52.4 Å². The molecule has 84 valence electrons. The van der Waals surface area contributed by atoms with Crippen molar-refractivity contribution in [2.75, 3.05) is 11.0 Å². The minimum absolute atomic E-state index is 0.230. The first kappa shape index (κ1) is 12.8. The van der Waals surface area contributed by atoms with Crippen LogP contribution in [0.3, 0.4) is 0 Å². The lowest BCUT2D eigenvalue weighted by molar-refractivity contribution is -0.0625. The molecule has 2 atom stereocenters. The van der Waals surface area contributed by atoms with Gasteiger partial charge in [0.25, 0.3) is 0 Å². The van der Waals surface area contributed by atoms with Gasteiger partial charge in [-0.25, -0.2) is 0 Å². The Morgan fingerprint density at radius 1 is 1.50 bits per heavy atom. The highest BCUT2D eigenvalue weighted by atomic mass is 127. The van der Waals surface area contributed by atoms with Crippen LogP contribution in [-0.4, -0.2) is 16.6 Å². The van der Waals surface area contributed by atoms with E-state index < -0.39 is 0 Å². The number of hydrogen-bond acceptors (Lipinski definition) is 1. The fraction of sp³-hybridized carbons (Fsp3) is 1.00. The highest BCUT2D eigenvalue weighted by Crippen LogP contribution is 2.36. The number of rotatable bonds is 5. The van der Waals surface area contributed by atoms with Crippen molar-refractivity contribution in [2.45, 2.75) is 58.0 Å². The monoisotopic (exact) mass is 310 g/mol. The second-order valence-electron chi connectivity index (χ2n) is 4.72. The van der Waals surface area contributed by atoms with Gasteiger partial charge in [0.2, 0.25) is 0 Å². The summed E-state index contributed by atoms with van der Waals surface area (Å²) in [5.74, 6) is 0.861. The zero-order chi connectivity index (χ0) is 10.4. The predicted molar refractivity (Wildman–Crippen MR) is 70.1 cm³/mol. The van der Waals surface area contributed by atoms with Crippen molar-refractivity contribution in [3.8, 4) is 0 Å². The smallest absolute Gasteiger partial charge is 0.0774 e. The molecule has 0 radical (unpaired) electrons. The molecule has 0 saturated heterocycles. The van der Waals surface area contributed by atoms with Gasteiger partial charge in [-0.15, -0.1) is 0 Å². The Labute approximate surface area is 102 Å². The molecular weight excluding hydrogens is 287 g/mol. The minimum Gasteiger partial charge on any atom is -0.374 e. The Kier molecular flexibility index (Phi) is 5.75. The summed E-state index contributed by atoms with van der Waals surface area (Å²) in [7, 11) is 0. The van der Waals surface area contributed by atoms with Crippen molar-refractivity contribution in [1.29, 1.82) is 0 Å². The summed E-state index contributed by atoms with van der Waals surface area (Å²) < 4.78 is 7.29. The molecule has 0 N–H and O–H groups in total. The van der Waals surface area contributed by atoms with Crippen molar-refractivity contribution >= 4 is 22.6 Å². The molecule has 1 rings (SSSR count). The van der Waals surface area contributed by atoms with Gasteiger partial charge in [-0.05, 0) is 25.2 Å². The maximum absolute atomic E-state index is 6.12. The quantitative estimate of drug-likeness (QED) is 0.420. The van der Waals surface area contributed by atoms with Crippen LogP contribution in [0, 0.1) is 5.92 Å². The highest BCUT2D eigenvalue weighted by molar-refractivity contribution is 14.1. The molecule has 14 heavy (non-hydrogen) atoms. The average Bonchev–Trinajstić information content (AvgIpc) is 2.18.